The molecule has 2 N–H and O–H groups in total. The third-order valence-corrected chi connectivity index (χ3v) is 5.59. The zero-order valence-corrected chi connectivity index (χ0v) is 15.2. The molecule has 3 aromatic rings. The summed E-state index contributed by atoms with van der Waals surface area (Å²) in [6, 6.07) is 11.6. The number of carbonyl (C=O) groups excluding carboxylic acids is 1. The summed E-state index contributed by atoms with van der Waals surface area (Å²) in [5.74, 6) is -0.595. The zero-order valence-electron chi connectivity index (χ0n) is 13.6. The van der Waals surface area contributed by atoms with Crippen molar-refractivity contribution in [2.24, 2.45) is 0 Å². The summed E-state index contributed by atoms with van der Waals surface area (Å²) < 4.78 is 40.3. The molecule has 3 rings (SSSR count). The molecule has 0 fully saturated rings. The lowest BCUT2D eigenvalue weighted by molar-refractivity contribution is -0.114. The number of rotatable bonds is 5. The number of amides is 1. The van der Waals surface area contributed by atoms with Crippen molar-refractivity contribution in [1.82, 2.24) is 4.98 Å². The van der Waals surface area contributed by atoms with Crippen molar-refractivity contribution in [1.29, 1.82) is 0 Å². The van der Waals surface area contributed by atoms with Gasteiger partial charge in [-0.1, -0.05) is 0 Å². The molecular weight excluding hydrogens is 377 g/mol. The van der Waals surface area contributed by atoms with Crippen LogP contribution in [0.1, 0.15) is 6.92 Å². The third-order valence-electron chi connectivity index (χ3n) is 3.35. The van der Waals surface area contributed by atoms with Crippen molar-refractivity contribution in [2.75, 3.05) is 10.0 Å². The Morgan fingerprint density at radius 3 is 2.35 bits per heavy atom. The third kappa shape index (κ3) is 4.24. The van der Waals surface area contributed by atoms with Gasteiger partial charge in [-0.3, -0.25) is 9.52 Å². The number of aromatic nitrogens is 1. The van der Waals surface area contributed by atoms with Gasteiger partial charge in [-0.25, -0.2) is 17.8 Å². The minimum Gasteiger partial charge on any atom is -0.326 e. The Morgan fingerprint density at radius 1 is 1.08 bits per heavy atom. The van der Waals surface area contributed by atoms with Gasteiger partial charge in [0.1, 0.15) is 5.82 Å². The van der Waals surface area contributed by atoms with Crippen LogP contribution < -0.4 is 10.0 Å². The van der Waals surface area contributed by atoms with E-state index >= 15 is 0 Å². The molecule has 0 radical (unpaired) electrons. The first kappa shape index (κ1) is 18.0. The van der Waals surface area contributed by atoms with Crippen LogP contribution >= 0.6 is 11.3 Å². The molecule has 0 spiro atoms. The van der Waals surface area contributed by atoms with Crippen molar-refractivity contribution in [3.63, 3.8) is 0 Å². The topological polar surface area (TPSA) is 88.2 Å². The molecule has 0 aliphatic heterocycles. The summed E-state index contributed by atoms with van der Waals surface area (Å²) in [5.41, 5.74) is 1.74. The van der Waals surface area contributed by atoms with Gasteiger partial charge in [0, 0.05) is 23.6 Å². The standard InChI is InChI=1S/C17H14FN3O3S2/c1-11(22)19-14-6-8-15(9-7-14)26(23,24)21-17-20-16(10-25-17)12-2-4-13(18)5-3-12/h2-10H,1H3,(H,19,22)(H,20,21). The molecule has 0 unspecified atom stereocenters. The van der Waals surface area contributed by atoms with Crippen LogP contribution in [0.25, 0.3) is 11.3 Å². The number of benzene rings is 2. The average Bonchev–Trinajstić information content (AvgIpc) is 3.03. The van der Waals surface area contributed by atoms with Gasteiger partial charge in [-0.2, -0.15) is 0 Å². The second-order valence-corrected chi connectivity index (χ2v) is 7.90. The highest BCUT2D eigenvalue weighted by Gasteiger charge is 2.16. The number of nitrogens with zero attached hydrogens (tertiary/aromatic N) is 1. The van der Waals surface area contributed by atoms with Gasteiger partial charge in [0.25, 0.3) is 10.0 Å². The molecule has 0 bridgehead atoms. The van der Waals surface area contributed by atoms with Crippen molar-refractivity contribution in [3.05, 3.63) is 59.7 Å². The lowest BCUT2D eigenvalue weighted by Gasteiger charge is -2.07. The monoisotopic (exact) mass is 391 g/mol. The van der Waals surface area contributed by atoms with Crippen molar-refractivity contribution in [3.8, 4) is 11.3 Å². The van der Waals surface area contributed by atoms with E-state index in [4.69, 9.17) is 0 Å². The molecule has 6 nitrogen and oxygen atoms in total. The van der Waals surface area contributed by atoms with Crippen LogP contribution in [0.2, 0.25) is 0 Å². The van der Waals surface area contributed by atoms with E-state index in [1.54, 1.807) is 17.5 Å². The molecule has 0 saturated carbocycles. The van der Waals surface area contributed by atoms with E-state index < -0.39 is 10.0 Å². The average molecular weight is 391 g/mol. The smallest absolute Gasteiger partial charge is 0.263 e. The first-order valence-electron chi connectivity index (χ1n) is 7.45. The predicted octanol–water partition coefficient (Wildman–Crippen LogP) is 3.71. The van der Waals surface area contributed by atoms with Gasteiger partial charge in [-0.15, -0.1) is 11.3 Å². The second-order valence-electron chi connectivity index (χ2n) is 5.36. The first-order chi connectivity index (χ1) is 12.3. The molecule has 26 heavy (non-hydrogen) atoms. The van der Waals surface area contributed by atoms with Crippen molar-refractivity contribution >= 4 is 38.1 Å². The lowest BCUT2D eigenvalue weighted by atomic mass is 10.2. The molecule has 0 aliphatic rings. The molecule has 0 atom stereocenters. The van der Waals surface area contributed by atoms with E-state index in [2.05, 4.69) is 15.0 Å². The maximum Gasteiger partial charge on any atom is 0.263 e. The highest BCUT2D eigenvalue weighted by molar-refractivity contribution is 7.93. The summed E-state index contributed by atoms with van der Waals surface area (Å²) in [5, 5.41) is 4.46. The molecule has 1 aromatic heterocycles. The van der Waals surface area contributed by atoms with E-state index in [1.165, 1.54) is 43.3 Å². The number of thiazole rings is 1. The summed E-state index contributed by atoms with van der Waals surface area (Å²) in [7, 11) is -3.81. The Bertz CT molecular complexity index is 1030. The Balaban J connectivity index is 1.77. The van der Waals surface area contributed by atoms with Crippen molar-refractivity contribution in [2.45, 2.75) is 11.8 Å². The van der Waals surface area contributed by atoms with Gasteiger partial charge >= 0.3 is 0 Å². The van der Waals surface area contributed by atoms with Gasteiger partial charge < -0.3 is 5.32 Å². The molecule has 1 heterocycles. The van der Waals surface area contributed by atoms with E-state index in [-0.39, 0.29) is 21.8 Å². The maximum atomic E-state index is 13.0. The molecule has 1 amide bonds. The number of carbonyl (C=O) groups is 1. The quantitative estimate of drug-likeness (QED) is 0.694. The van der Waals surface area contributed by atoms with E-state index in [1.807, 2.05) is 0 Å². The highest BCUT2D eigenvalue weighted by Crippen LogP contribution is 2.27. The minimum atomic E-state index is -3.81. The molecule has 2 aromatic carbocycles. The Hall–Kier alpha value is -2.78. The van der Waals surface area contributed by atoms with Crippen LogP contribution in [0.4, 0.5) is 15.2 Å². The minimum absolute atomic E-state index is 0.0464. The van der Waals surface area contributed by atoms with Gasteiger partial charge in [-0.05, 0) is 48.5 Å². The first-order valence-corrected chi connectivity index (χ1v) is 9.82. The highest BCUT2D eigenvalue weighted by atomic mass is 32.2. The normalized spacial score (nSPS) is 11.2. The van der Waals surface area contributed by atoms with E-state index in [9.17, 15) is 17.6 Å². The maximum absolute atomic E-state index is 13.0. The van der Waals surface area contributed by atoms with Crippen LogP contribution in [0.15, 0.2) is 58.8 Å². The summed E-state index contributed by atoms with van der Waals surface area (Å²) in [6.07, 6.45) is 0. The van der Waals surface area contributed by atoms with Crippen LogP contribution in [0.5, 0.6) is 0 Å². The van der Waals surface area contributed by atoms with Crippen molar-refractivity contribution < 1.29 is 17.6 Å². The largest absolute Gasteiger partial charge is 0.326 e. The van der Waals surface area contributed by atoms with Crippen LogP contribution in [-0.4, -0.2) is 19.3 Å². The van der Waals surface area contributed by atoms with Crippen LogP contribution in [0.3, 0.4) is 0 Å². The number of sulfonamides is 1. The SMILES string of the molecule is CC(=O)Nc1ccc(S(=O)(=O)Nc2nc(-c3ccc(F)cc3)cs2)cc1. The predicted molar refractivity (Wildman–Crippen MR) is 99.1 cm³/mol. The summed E-state index contributed by atoms with van der Waals surface area (Å²) in [6.45, 7) is 1.37. The van der Waals surface area contributed by atoms with E-state index in [0.29, 0.717) is 16.9 Å². The van der Waals surface area contributed by atoms with Crippen LogP contribution in [-0.2, 0) is 14.8 Å². The summed E-state index contributed by atoms with van der Waals surface area (Å²) in [4.78, 5) is 15.3. The lowest BCUT2D eigenvalue weighted by Crippen LogP contribution is -2.13. The Kier molecular flexibility index (Phi) is 5.01. The fourth-order valence-corrected chi connectivity index (χ4v) is 4.14. The Morgan fingerprint density at radius 2 is 1.73 bits per heavy atom. The second kappa shape index (κ2) is 7.22. The number of anilines is 2. The molecule has 9 heteroatoms. The van der Waals surface area contributed by atoms with Gasteiger partial charge in [0.2, 0.25) is 5.91 Å². The molecule has 134 valence electrons. The fourth-order valence-electron chi connectivity index (χ4n) is 2.17. The number of hydrogen-bond donors (Lipinski definition) is 2. The number of halogens is 1. The molecule has 0 aliphatic carbocycles. The molecular formula is C17H14FN3O3S2. The number of hydrogen-bond acceptors (Lipinski definition) is 5. The molecule has 0 saturated heterocycles. The zero-order chi connectivity index (χ0) is 18.7. The van der Waals surface area contributed by atoms with Gasteiger partial charge in [0.15, 0.2) is 5.13 Å². The number of nitrogens with one attached hydrogen (secondary N) is 2. The summed E-state index contributed by atoms with van der Waals surface area (Å²) >= 11 is 1.13. The Labute approximate surface area is 153 Å². The van der Waals surface area contributed by atoms with Gasteiger partial charge in [0.05, 0.1) is 10.6 Å². The van der Waals surface area contributed by atoms with E-state index in [0.717, 1.165) is 11.3 Å². The fraction of sp³-hybridized carbons (Fsp3) is 0.0588. The van der Waals surface area contributed by atoms with Crippen LogP contribution in [0, 0.1) is 5.82 Å².